The predicted octanol–water partition coefficient (Wildman–Crippen LogP) is 4.66. The monoisotopic (exact) mass is 294 g/mol. The van der Waals surface area contributed by atoms with Crippen LogP contribution in [0.2, 0.25) is 5.02 Å². The fourth-order valence-electron chi connectivity index (χ4n) is 2.34. The molecule has 21 heavy (non-hydrogen) atoms. The van der Waals surface area contributed by atoms with E-state index < -0.39 is 0 Å². The standard InChI is InChI=1S/C18H15ClN2/c1-2-12-6-7-15-16(19)10-17(21-18(15)9-12)14-5-3-4-13(8-14)11-20/h2-10H,1,11,20H2. The van der Waals surface area contributed by atoms with Gasteiger partial charge in [0.15, 0.2) is 0 Å². The Bertz CT molecular complexity index is 825. The van der Waals surface area contributed by atoms with Crippen LogP contribution >= 0.6 is 11.6 Å². The van der Waals surface area contributed by atoms with E-state index in [1.54, 1.807) is 6.08 Å². The Labute approximate surface area is 128 Å². The van der Waals surface area contributed by atoms with Crippen LogP contribution in [-0.2, 0) is 6.54 Å². The van der Waals surface area contributed by atoms with Crippen molar-refractivity contribution in [1.82, 2.24) is 4.98 Å². The molecule has 0 bridgehead atoms. The first-order valence-electron chi connectivity index (χ1n) is 6.73. The van der Waals surface area contributed by atoms with Crippen LogP contribution in [-0.4, -0.2) is 4.98 Å². The van der Waals surface area contributed by atoms with Gasteiger partial charge in [0.2, 0.25) is 0 Å². The second-order valence-corrected chi connectivity index (χ2v) is 5.28. The minimum atomic E-state index is 0.510. The summed E-state index contributed by atoms with van der Waals surface area (Å²) in [5.41, 5.74) is 10.5. The van der Waals surface area contributed by atoms with Crippen molar-refractivity contribution in [3.05, 3.63) is 71.3 Å². The third kappa shape index (κ3) is 2.68. The minimum absolute atomic E-state index is 0.510. The van der Waals surface area contributed by atoms with Crippen molar-refractivity contribution in [2.75, 3.05) is 0 Å². The largest absolute Gasteiger partial charge is 0.326 e. The molecule has 0 fully saturated rings. The molecule has 0 aliphatic heterocycles. The summed E-state index contributed by atoms with van der Waals surface area (Å²) in [6, 6.07) is 15.9. The van der Waals surface area contributed by atoms with Gasteiger partial charge in [-0.25, -0.2) is 4.98 Å². The van der Waals surface area contributed by atoms with Crippen molar-refractivity contribution < 1.29 is 0 Å². The van der Waals surface area contributed by atoms with Crippen LogP contribution in [0.25, 0.3) is 28.2 Å². The Morgan fingerprint density at radius 1 is 1.14 bits per heavy atom. The number of pyridine rings is 1. The van der Waals surface area contributed by atoms with Crippen molar-refractivity contribution in [1.29, 1.82) is 0 Å². The van der Waals surface area contributed by atoms with E-state index in [0.717, 1.165) is 33.3 Å². The highest BCUT2D eigenvalue weighted by molar-refractivity contribution is 6.35. The fraction of sp³-hybridized carbons (Fsp3) is 0.0556. The van der Waals surface area contributed by atoms with Crippen molar-refractivity contribution in [2.45, 2.75) is 6.54 Å². The summed E-state index contributed by atoms with van der Waals surface area (Å²) in [6.07, 6.45) is 1.80. The second-order valence-electron chi connectivity index (χ2n) is 4.87. The van der Waals surface area contributed by atoms with Gasteiger partial charge in [0.1, 0.15) is 0 Å². The molecule has 0 aliphatic rings. The van der Waals surface area contributed by atoms with Crippen LogP contribution in [0.3, 0.4) is 0 Å². The van der Waals surface area contributed by atoms with Crippen molar-refractivity contribution in [3.63, 3.8) is 0 Å². The van der Waals surface area contributed by atoms with Crippen LogP contribution in [0.15, 0.2) is 55.1 Å². The Balaban J connectivity index is 2.20. The lowest BCUT2D eigenvalue weighted by atomic mass is 10.1. The van der Waals surface area contributed by atoms with E-state index >= 15 is 0 Å². The first-order valence-corrected chi connectivity index (χ1v) is 7.11. The quantitative estimate of drug-likeness (QED) is 0.763. The number of rotatable bonds is 3. The number of nitrogens with zero attached hydrogens (tertiary/aromatic N) is 1. The van der Waals surface area contributed by atoms with Gasteiger partial charge in [0.25, 0.3) is 0 Å². The highest BCUT2D eigenvalue weighted by atomic mass is 35.5. The molecule has 0 saturated heterocycles. The Kier molecular flexibility index (Phi) is 3.74. The van der Waals surface area contributed by atoms with E-state index in [1.807, 2.05) is 48.5 Å². The van der Waals surface area contributed by atoms with E-state index in [4.69, 9.17) is 22.3 Å². The number of benzene rings is 2. The summed E-state index contributed by atoms with van der Waals surface area (Å²) < 4.78 is 0. The smallest absolute Gasteiger partial charge is 0.0730 e. The van der Waals surface area contributed by atoms with Crippen molar-refractivity contribution >= 4 is 28.6 Å². The summed E-state index contributed by atoms with van der Waals surface area (Å²) in [4.78, 5) is 4.72. The highest BCUT2D eigenvalue weighted by Gasteiger charge is 2.07. The van der Waals surface area contributed by atoms with Crippen LogP contribution in [0.1, 0.15) is 11.1 Å². The SMILES string of the molecule is C=Cc1ccc2c(Cl)cc(-c3cccc(CN)c3)nc2c1. The zero-order chi connectivity index (χ0) is 14.8. The summed E-state index contributed by atoms with van der Waals surface area (Å²) in [6.45, 7) is 4.30. The first-order chi connectivity index (χ1) is 10.2. The predicted molar refractivity (Wildman–Crippen MR) is 90.2 cm³/mol. The average molecular weight is 295 g/mol. The summed E-state index contributed by atoms with van der Waals surface area (Å²) in [5.74, 6) is 0. The number of hydrogen-bond acceptors (Lipinski definition) is 2. The Morgan fingerprint density at radius 3 is 2.76 bits per heavy atom. The fourth-order valence-corrected chi connectivity index (χ4v) is 2.60. The van der Waals surface area contributed by atoms with E-state index in [1.165, 1.54) is 0 Å². The molecule has 2 aromatic carbocycles. The first kappa shape index (κ1) is 13.8. The molecule has 3 rings (SSSR count). The van der Waals surface area contributed by atoms with Gasteiger partial charge < -0.3 is 5.73 Å². The van der Waals surface area contributed by atoms with E-state index in [-0.39, 0.29) is 0 Å². The molecule has 0 radical (unpaired) electrons. The van der Waals surface area contributed by atoms with E-state index in [0.29, 0.717) is 11.6 Å². The maximum absolute atomic E-state index is 6.39. The molecule has 3 heteroatoms. The van der Waals surface area contributed by atoms with E-state index in [9.17, 15) is 0 Å². The molecular weight excluding hydrogens is 280 g/mol. The van der Waals surface area contributed by atoms with Gasteiger partial charge in [-0.3, -0.25) is 0 Å². The van der Waals surface area contributed by atoms with Gasteiger partial charge in [-0.1, -0.05) is 54.6 Å². The van der Waals surface area contributed by atoms with Crippen LogP contribution in [0.5, 0.6) is 0 Å². The molecule has 2 nitrogen and oxygen atoms in total. The number of fused-ring (bicyclic) bond motifs is 1. The van der Waals surface area contributed by atoms with Crippen LogP contribution < -0.4 is 5.73 Å². The molecule has 1 heterocycles. The third-order valence-corrected chi connectivity index (χ3v) is 3.79. The average Bonchev–Trinajstić information content (AvgIpc) is 2.54. The molecule has 0 unspecified atom stereocenters. The second kappa shape index (κ2) is 5.68. The summed E-state index contributed by atoms with van der Waals surface area (Å²) in [5, 5.41) is 1.64. The maximum atomic E-state index is 6.39. The molecule has 0 saturated carbocycles. The molecular formula is C18H15ClN2. The van der Waals surface area contributed by atoms with E-state index in [2.05, 4.69) is 6.58 Å². The normalized spacial score (nSPS) is 10.8. The molecule has 2 N–H and O–H groups in total. The molecule has 1 aromatic heterocycles. The van der Waals surface area contributed by atoms with Gasteiger partial charge in [0, 0.05) is 17.5 Å². The lowest BCUT2D eigenvalue weighted by Gasteiger charge is -2.07. The van der Waals surface area contributed by atoms with Gasteiger partial charge in [0.05, 0.1) is 16.2 Å². The van der Waals surface area contributed by atoms with Gasteiger partial charge >= 0.3 is 0 Å². The third-order valence-electron chi connectivity index (χ3n) is 3.48. The number of aromatic nitrogens is 1. The lowest BCUT2D eigenvalue weighted by Crippen LogP contribution is -1.96. The summed E-state index contributed by atoms with van der Waals surface area (Å²) >= 11 is 6.39. The van der Waals surface area contributed by atoms with Crippen LogP contribution in [0, 0.1) is 0 Å². The molecule has 104 valence electrons. The van der Waals surface area contributed by atoms with Gasteiger partial charge in [-0.15, -0.1) is 0 Å². The zero-order valence-electron chi connectivity index (χ0n) is 11.5. The van der Waals surface area contributed by atoms with Crippen LogP contribution in [0.4, 0.5) is 0 Å². The number of halogens is 1. The summed E-state index contributed by atoms with van der Waals surface area (Å²) in [7, 11) is 0. The zero-order valence-corrected chi connectivity index (χ0v) is 12.3. The molecule has 0 atom stereocenters. The molecule has 0 spiro atoms. The molecule has 0 amide bonds. The Hall–Kier alpha value is -2.16. The van der Waals surface area contributed by atoms with Crippen molar-refractivity contribution in [2.24, 2.45) is 5.73 Å². The minimum Gasteiger partial charge on any atom is -0.326 e. The number of nitrogens with two attached hydrogens (primary N) is 1. The Morgan fingerprint density at radius 2 is 2.00 bits per heavy atom. The highest BCUT2D eigenvalue weighted by Crippen LogP contribution is 2.29. The number of hydrogen-bond donors (Lipinski definition) is 1. The van der Waals surface area contributed by atoms with Gasteiger partial charge in [-0.05, 0) is 29.3 Å². The molecule has 3 aromatic rings. The maximum Gasteiger partial charge on any atom is 0.0730 e. The van der Waals surface area contributed by atoms with Gasteiger partial charge in [-0.2, -0.15) is 0 Å². The van der Waals surface area contributed by atoms with Crippen molar-refractivity contribution in [3.8, 4) is 11.3 Å². The lowest BCUT2D eigenvalue weighted by molar-refractivity contribution is 1.07. The molecule has 0 aliphatic carbocycles. The topological polar surface area (TPSA) is 38.9 Å².